The monoisotopic (exact) mass is 195 g/mol. The van der Waals surface area contributed by atoms with Crippen LogP contribution in [0, 0.1) is 12.8 Å². The van der Waals surface area contributed by atoms with Gasteiger partial charge in [0.25, 0.3) is 0 Å². The summed E-state index contributed by atoms with van der Waals surface area (Å²) in [5.74, 6) is 0.530. The molecule has 0 aliphatic rings. The van der Waals surface area contributed by atoms with E-state index in [1.54, 1.807) is 0 Å². The Morgan fingerprint density at radius 1 is 1.57 bits per heavy atom. The van der Waals surface area contributed by atoms with E-state index in [1.165, 1.54) is 24.1 Å². The topological polar surface area (TPSA) is 43.8 Å². The summed E-state index contributed by atoms with van der Waals surface area (Å²) in [7, 11) is 1.95. The SMILES string of the molecule is CCCC(C)C(N)c1cnn(C)c1C. The van der Waals surface area contributed by atoms with Gasteiger partial charge in [-0.1, -0.05) is 20.3 Å². The first-order chi connectivity index (χ1) is 6.57. The smallest absolute Gasteiger partial charge is 0.0540 e. The quantitative estimate of drug-likeness (QED) is 0.800. The Morgan fingerprint density at radius 2 is 2.21 bits per heavy atom. The molecule has 0 bridgehead atoms. The normalized spacial score (nSPS) is 15.5. The molecular formula is C11H21N3. The van der Waals surface area contributed by atoms with Gasteiger partial charge in [-0.15, -0.1) is 0 Å². The van der Waals surface area contributed by atoms with Crippen molar-refractivity contribution in [1.29, 1.82) is 0 Å². The summed E-state index contributed by atoms with van der Waals surface area (Å²) in [6.07, 6.45) is 4.26. The number of hydrogen-bond donors (Lipinski definition) is 1. The summed E-state index contributed by atoms with van der Waals surface area (Å²) in [6, 6.07) is 0.128. The highest BCUT2D eigenvalue weighted by Gasteiger charge is 2.18. The van der Waals surface area contributed by atoms with Crippen molar-refractivity contribution in [3.63, 3.8) is 0 Å². The molecule has 3 heteroatoms. The summed E-state index contributed by atoms with van der Waals surface area (Å²) >= 11 is 0. The average molecular weight is 195 g/mol. The van der Waals surface area contributed by atoms with Gasteiger partial charge in [-0.2, -0.15) is 5.10 Å². The van der Waals surface area contributed by atoms with Crippen LogP contribution in [-0.2, 0) is 7.05 Å². The largest absolute Gasteiger partial charge is 0.324 e. The highest BCUT2D eigenvalue weighted by atomic mass is 15.3. The molecule has 1 aromatic rings. The van der Waals surface area contributed by atoms with Crippen molar-refractivity contribution < 1.29 is 0 Å². The second-order valence-electron chi connectivity index (χ2n) is 4.10. The standard InChI is InChI=1S/C11H21N3/c1-5-6-8(2)11(12)10-7-13-14(4)9(10)3/h7-8,11H,5-6,12H2,1-4H3. The van der Waals surface area contributed by atoms with Crippen LogP contribution in [0.1, 0.15) is 44.0 Å². The molecule has 0 fully saturated rings. The van der Waals surface area contributed by atoms with E-state index in [4.69, 9.17) is 5.73 Å². The lowest BCUT2D eigenvalue weighted by molar-refractivity contribution is 0.432. The molecule has 0 aliphatic heterocycles. The molecule has 14 heavy (non-hydrogen) atoms. The van der Waals surface area contributed by atoms with Gasteiger partial charge in [0.15, 0.2) is 0 Å². The van der Waals surface area contributed by atoms with Crippen LogP contribution in [0.5, 0.6) is 0 Å². The highest BCUT2D eigenvalue weighted by Crippen LogP contribution is 2.24. The highest BCUT2D eigenvalue weighted by molar-refractivity contribution is 5.20. The minimum absolute atomic E-state index is 0.128. The maximum Gasteiger partial charge on any atom is 0.0540 e. The predicted octanol–water partition coefficient (Wildman–Crippen LogP) is 2.16. The van der Waals surface area contributed by atoms with E-state index in [1.807, 2.05) is 17.9 Å². The van der Waals surface area contributed by atoms with Gasteiger partial charge in [0, 0.05) is 24.3 Å². The van der Waals surface area contributed by atoms with Crippen molar-refractivity contribution in [2.75, 3.05) is 0 Å². The lowest BCUT2D eigenvalue weighted by Gasteiger charge is -2.18. The Labute approximate surface area is 86.3 Å². The minimum atomic E-state index is 0.128. The summed E-state index contributed by atoms with van der Waals surface area (Å²) in [5.41, 5.74) is 8.55. The molecule has 1 heterocycles. The number of aryl methyl sites for hydroxylation is 1. The molecule has 0 amide bonds. The molecule has 0 saturated carbocycles. The third kappa shape index (κ3) is 2.15. The van der Waals surface area contributed by atoms with Crippen LogP contribution in [0.3, 0.4) is 0 Å². The fraction of sp³-hybridized carbons (Fsp3) is 0.727. The molecule has 1 rings (SSSR count). The number of nitrogens with two attached hydrogens (primary N) is 1. The Bertz CT molecular complexity index is 291. The summed E-state index contributed by atoms with van der Waals surface area (Å²) in [6.45, 7) is 6.47. The predicted molar refractivity (Wildman–Crippen MR) is 58.9 cm³/mol. The molecule has 0 radical (unpaired) electrons. The molecule has 3 nitrogen and oxygen atoms in total. The van der Waals surface area contributed by atoms with E-state index in [0.29, 0.717) is 5.92 Å². The van der Waals surface area contributed by atoms with Crippen molar-refractivity contribution in [1.82, 2.24) is 9.78 Å². The summed E-state index contributed by atoms with van der Waals surface area (Å²) in [4.78, 5) is 0. The zero-order valence-electron chi connectivity index (χ0n) is 9.62. The lowest BCUT2D eigenvalue weighted by atomic mass is 9.92. The molecule has 0 aromatic carbocycles. The molecule has 2 unspecified atom stereocenters. The Balaban J connectivity index is 2.78. The van der Waals surface area contributed by atoms with Gasteiger partial charge >= 0.3 is 0 Å². The number of rotatable bonds is 4. The maximum atomic E-state index is 6.19. The summed E-state index contributed by atoms with van der Waals surface area (Å²) in [5, 5.41) is 4.22. The van der Waals surface area contributed by atoms with Crippen molar-refractivity contribution in [3.05, 3.63) is 17.5 Å². The van der Waals surface area contributed by atoms with Gasteiger partial charge < -0.3 is 5.73 Å². The second-order valence-corrected chi connectivity index (χ2v) is 4.10. The van der Waals surface area contributed by atoms with Crippen molar-refractivity contribution in [2.24, 2.45) is 18.7 Å². The first kappa shape index (κ1) is 11.2. The van der Waals surface area contributed by atoms with Crippen LogP contribution in [0.15, 0.2) is 6.20 Å². The Hall–Kier alpha value is -0.830. The molecular weight excluding hydrogens is 174 g/mol. The molecule has 0 spiro atoms. The van der Waals surface area contributed by atoms with Crippen molar-refractivity contribution in [3.8, 4) is 0 Å². The summed E-state index contributed by atoms with van der Waals surface area (Å²) < 4.78 is 1.88. The average Bonchev–Trinajstić information content (AvgIpc) is 2.47. The maximum absolute atomic E-state index is 6.19. The van der Waals surface area contributed by atoms with Crippen LogP contribution in [0.2, 0.25) is 0 Å². The Morgan fingerprint density at radius 3 is 2.64 bits per heavy atom. The van der Waals surface area contributed by atoms with E-state index in [0.717, 1.165) is 0 Å². The first-order valence-electron chi connectivity index (χ1n) is 5.32. The van der Waals surface area contributed by atoms with Gasteiger partial charge in [-0.3, -0.25) is 4.68 Å². The van der Waals surface area contributed by atoms with Crippen LogP contribution in [0.4, 0.5) is 0 Å². The number of aromatic nitrogens is 2. The number of nitrogens with zero attached hydrogens (tertiary/aromatic N) is 2. The van der Waals surface area contributed by atoms with Crippen molar-refractivity contribution >= 4 is 0 Å². The molecule has 2 N–H and O–H groups in total. The van der Waals surface area contributed by atoms with Crippen LogP contribution < -0.4 is 5.73 Å². The van der Waals surface area contributed by atoms with Gasteiger partial charge in [0.2, 0.25) is 0 Å². The fourth-order valence-electron chi connectivity index (χ4n) is 1.78. The van der Waals surface area contributed by atoms with Crippen LogP contribution in [0.25, 0.3) is 0 Å². The molecule has 0 saturated heterocycles. The lowest BCUT2D eigenvalue weighted by Crippen LogP contribution is -2.19. The van der Waals surface area contributed by atoms with Gasteiger partial charge in [-0.25, -0.2) is 0 Å². The molecule has 2 atom stereocenters. The Kier molecular flexibility index (Phi) is 3.69. The van der Waals surface area contributed by atoms with E-state index in [9.17, 15) is 0 Å². The molecule has 1 aromatic heterocycles. The van der Waals surface area contributed by atoms with Crippen LogP contribution in [-0.4, -0.2) is 9.78 Å². The molecule has 0 aliphatic carbocycles. The van der Waals surface area contributed by atoms with E-state index >= 15 is 0 Å². The van der Waals surface area contributed by atoms with Crippen molar-refractivity contribution in [2.45, 2.75) is 39.7 Å². The number of hydrogen-bond acceptors (Lipinski definition) is 2. The van der Waals surface area contributed by atoms with Gasteiger partial charge in [0.1, 0.15) is 0 Å². The van der Waals surface area contributed by atoms with Crippen LogP contribution >= 0.6 is 0 Å². The van der Waals surface area contributed by atoms with Gasteiger partial charge in [-0.05, 0) is 19.3 Å². The first-order valence-corrected chi connectivity index (χ1v) is 5.32. The second kappa shape index (κ2) is 4.60. The zero-order valence-corrected chi connectivity index (χ0v) is 9.62. The van der Waals surface area contributed by atoms with Gasteiger partial charge in [0.05, 0.1) is 6.20 Å². The molecule has 80 valence electrons. The fourth-order valence-corrected chi connectivity index (χ4v) is 1.78. The van der Waals surface area contributed by atoms with E-state index in [2.05, 4.69) is 25.9 Å². The third-order valence-electron chi connectivity index (χ3n) is 2.99. The minimum Gasteiger partial charge on any atom is -0.324 e. The zero-order chi connectivity index (χ0) is 10.7. The van der Waals surface area contributed by atoms with E-state index < -0.39 is 0 Å². The van der Waals surface area contributed by atoms with E-state index in [-0.39, 0.29) is 6.04 Å². The third-order valence-corrected chi connectivity index (χ3v) is 2.99.